The number of aromatic nitrogens is 1. The van der Waals surface area contributed by atoms with Crippen molar-refractivity contribution < 1.29 is 5.11 Å². The van der Waals surface area contributed by atoms with E-state index in [0.29, 0.717) is 10.7 Å². The summed E-state index contributed by atoms with van der Waals surface area (Å²) in [5.41, 5.74) is 0.504. The van der Waals surface area contributed by atoms with Crippen LogP contribution in [0.25, 0.3) is 10.9 Å². The van der Waals surface area contributed by atoms with Crippen LogP contribution >= 0.6 is 23.2 Å². The van der Waals surface area contributed by atoms with Gasteiger partial charge in [-0.15, -0.1) is 0 Å². The van der Waals surface area contributed by atoms with Gasteiger partial charge in [0.15, 0.2) is 5.56 Å². The number of aromatic amines is 1. The molecule has 0 saturated heterocycles. The molecule has 0 saturated carbocycles. The Balaban J connectivity index is 2.62. The Morgan fingerprint density at radius 2 is 2.08 bits per heavy atom. The van der Waals surface area contributed by atoms with Crippen molar-refractivity contribution in [2.24, 2.45) is 0 Å². The maximum absolute atomic E-state index is 9.10. The summed E-state index contributed by atoms with van der Waals surface area (Å²) in [6.45, 7) is 0. The minimum absolute atomic E-state index is 0.582. The zero-order chi connectivity index (χ0) is 9.42. The average Bonchev–Trinajstić information content (AvgIpc) is 2.46. The first-order chi connectivity index (χ1) is 6.16. The molecule has 2 nitrogen and oxygen atoms in total. The Hall–Kier alpha value is -0.700. The summed E-state index contributed by atoms with van der Waals surface area (Å²) >= 11 is 11.3. The smallest absolute Gasteiger partial charge is 0.168 e. The van der Waals surface area contributed by atoms with Gasteiger partial charge in [-0.25, -0.2) is 0 Å². The van der Waals surface area contributed by atoms with E-state index >= 15 is 0 Å². The molecule has 1 aromatic heterocycles. The zero-order valence-corrected chi connectivity index (χ0v) is 8.10. The summed E-state index contributed by atoms with van der Waals surface area (Å²) in [5.74, 6) is 0. The fourth-order valence-electron chi connectivity index (χ4n) is 1.25. The maximum Gasteiger partial charge on any atom is 0.168 e. The van der Waals surface area contributed by atoms with Gasteiger partial charge < -0.3 is 10.1 Å². The van der Waals surface area contributed by atoms with Crippen molar-refractivity contribution in [3.05, 3.63) is 35.0 Å². The molecule has 13 heavy (non-hydrogen) atoms. The second-order valence-corrected chi connectivity index (χ2v) is 3.64. The van der Waals surface area contributed by atoms with E-state index in [2.05, 4.69) is 4.98 Å². The van der Waals surface area contributed by atoms with E-state index in [0.717, 1.165) is 10.9 Å². The zero-order valence-electron chi connectivity index (χ0n) is 6.59. The van der Waals surface area contributed by atoms with E-state index in [1.807, 2.05) is 12.1 Å². The van der Waals surface area contributed by atoms with Gasteiger partial charge in [0.1, 0.15) is 0 Å². The van der Waals surface area contributed by atoms with Gasteiger partial charge in [0.25, 0.3) is 0 Å². The average molecular weight is 216 g/mol. The third-order valence-corrected chi connectivity index (χ3v) is 2.33. The van der Waals surface area contributed by atoms with Gasteiger partial charge in [0.05, 0.1) is 5.69 Å². The largest absolute Gasteiger partial charge is 0.372 e. The van der Waals surface area contributed by atoms with Crippen LogP contribution < -0.4 is 0 Å². The van der Waals surface area contributed by atoms with Gasteiger partial charge in [-0.2, -0.15) is 0 Å². The quantitative estimate of drug-likeness (QED) is 0.706. The minimum atomic E-state index is -0.994. The van der Waals surface area contributed by atoms with E-state index in [1.165, 1.54) is 0 Å². The second-order valence-electron chi connectivity index (χ2n) is 2.79. The van der Waals surface area contributed by atoms with Crippen molar-refractivity contribution in [2.75, 3.05) is 0 Å². The van der Waals surface area contributed by atoms with Crippen molar-refractivity contribution in [2.45, 2.75) is 5.56 Å². The summed E-state index contributed by atoms with van der Waals surface area (Å²) in [5, 5.41) is 10.7. The molecule has 0 fully saturated rings. The number of nitrogens with one attached hydrogen (secondary N) is 1. The first-order valence-corrected chi connectivity index (χ1v) is 4.58. The topological polar surface area (TPSA) is 36.0 Å². The van der Waals surface area contributed by atoms with Crippen LogP contribution in [0.2, 0.25) is 5.02 Å². The van der Waals surface area contributed by atoms with Gasteiger partial charge in [-0.1, -0.05) is 23.2 Å². The SMILES string of the molecule is OC(Cl)c1cc2cc(Cl)ccc2[nH]1. The first-order valence-electron chi connectivity index (χ1n) is 3.77. The summed E-state index contributed by atoms with van der Waals surface area (Å²) in [7, 11) is 0. The van der Waals surface area contributed by atoms with E-state index < -0.39 is 5.56 Å². The fourth-order valence-corrected chi connectivity index (χ4v) is 1.55. The van der Waals surface area contributed by atoms with Crippen molar-refractivity contribution in [3.63, 3.8) is 0 Å². The van der Waals surface area contributed by atoms with Crippen LogP contribution in [0, 0.1) is 0 Å². The highest BCUT2D eigenvalue weighted by Crippen LogP contribution is 2.24. The summed E-state index contributed by atoms with van der Waals surface area (Å²) < 4.78 is 0. The number of halogens is 2. The number of fused-ring (bicyclic) bond motifs is 1. The molecule has 2 rings (SSSR count). The van der Waals surface area contributed by atoms with Gasteiger partial charge in [0.2, 0.25) is 0 Å². The summed E-state index contributed by atoms with van der Waals surface area (Å²) in [6.07, 6.45) is 0. The number of aliphatic hydroxyl groups excluding tert-OH is 1. The molecule has 1 unspecified atom stereocenters. The highest BCUT2D eigenvalue weighted by Gasteiger charge is 2.06. The highest BCUT2D eigenvalue weighted by molar-refractivity contribution is 6.31. The van der Waals surface area contributed by atoms with E-state index in [4.69, 9.17) is 28.3 Å². The summed E-state index contributed by atoms with van der Waals surface area (Å²) in [4.78, 5) is 2.98. The molecule has 0 amide bonds. The molecule has 2 aromatic rings. The fraction of sp³-hybridized carbons (Fsp3) is 0.111. The Labute approximate surface area is 85.1 Å². The summed E-state index contributed by atoms with van der Waals surface area (Å²) in [6, 6.07) is 7.22. The molecule has 0 spiro atoms. The number of hydrogen-bond donors (Lipinski definition) is 2. The standard InChI is InChI=1S/C9H7Cl2NO/c10-6-1-2-7-5(3-6)4-8(12-7)9(11)13/h1-4,9,12-13H. The lowest BCUT2D eigenvalue weighted by atomic mass is 10.2. The van der Waals surface area contributed by atoms with E-state index in [9.17, 15) is 0 Å². The van der Waals surface area contributed by atoms with Crippen molar-refractivity contribution >= 4 is 34.1 Å². The predicted molar refractivity (Wildman–Crippen MR) is 54.1 cm³/mol. The molecule has 1 heterocycles. The van der Waals surface area contributed by atoms with Crippen LogP contribution in [0.4, 0.5) is 0 Å². The van der Waals surface area contributed by atoms with Gasteiger partial charge in [0, 0.05) is 15.9 Å². The lowest BCUT2D eigenvalue weighted by molar-refractivity contribution is 0.259. The molecule has 0 bridgehead atoms. The van der Waals surface area contributed by atoms with E-state index in [-0.39, 0.29) is 0 Å². The predicted octanol–water partition coefficient (Wildman–Crippen LogP) is 3.05. The first kappa shape index (κ1) is 8.88. The minimum Gasteiger partial charge on any atom is -0.372 e. The number of rotatable bonds is 1. The maximum atomic E-state index is 9.10. The second kappa shape index (κ2) is 3.22. The Morgan fingerprint density at radius 3 is 2.77 bits per heavy atom. The van der Waals surface area contributed by atoms with Crippen LogP contribution in [0.15, 0.2) is 24.3 Å². The van der Waals surface area contributed by atoms with Crippen molar-refractivity contribution in [1.82, 2.24) is 4.98 Å². The lowest BCUT2D eigenvalue weighted by Crippen LogP contribution is -1.85. The number of benzene rings is 1. The van der Waals surface area contributed by atoms with Crippen LogP contribution in [-0.4, -0.2) is 10.1 Å². The monoisotopic (exact) mass is 215 g/mol. The number of hydrogen-bond acceptors (Lipinski definition) is 1. The molecule has 0 radical (unpaired) electrons. The van der Waals surface area contributed by atoms with E-state index in [1.54, 1.807) is 12.1 Å². The third-order valence-electron chi connectivity index (χ3n) is 1.86. The molecule has 2 N–H and O–H groups in total. The van der Waals surface area contributed by atoms with Crippen LogP contribution in [0.5, 0.6) is 0 Å². The molecule has 0 aliphatic heterocycles. The van der Waals surface area contributed by atoms with Gasteiger partial charge in [-0.3, -0.25) is 0 Å². The number of alkyl halides is 1. The van der Waals surface area contributed by atoms with Crippen LogP contribution in [0.1, 0.15) is 11.3 Å². The van der Waals surface area contributed by atoms with Crippen LogP contribution in [0.3, 0.4) is 0 Å². The lowest BCUT2D eigenvalue weighted by Gasteiger charge is -1.94. The molecule has 68 valence electrons. The molecule has 0 aliphatic rings. The van der Waals surface area contributed by atoms with Crippen molar-refractivity contribution in [3.8, 4) is 0 Å². The Kier molecular flexibility index (Phi) is 2.20. The Morgan fingerprint density at radius 1 is 1.31 bits per heavy atom. The molecular weight excluding hydrogens is 209 g/mol. The molecule has 1 aromatic carbocycles. The molecule has 4 heteroatoms. The van der Waals surface area contributed by atoms with Crippen LogP contribution in [-0.2, 0) is 0 Å². The molecule has 1 atom stereocenters. The van der Waals surface area contributed by atoms with Gasteiger partial charge in [-0.05, 0) is 24.3 Å². The number of H-pyrrole nitrogens is 1. The van der Waals surface area contributed by atoms with Gasteiger partial charge >= 0.3 is 0 Å². The molecule has 0 aliphatic carbocycles. The normalized spacial score (nSPS) is 13.5. The van der Waals surface area contributed by atoms with Crippen molar-refractivity contribution in [1.29, 1.82) is 0 Å². The molecular formula is C9H7Cl2NO. The number of aliphatic hydroxyl groups is 1. The third kappa shape index (κ3) is 1.66. The Bertz CT molecular complexity index is 436. The highest BCUT2D eigenvalue weighted by atomic mass is 35.5.